The van der Waals surface area contributed by atoms with Gasteiger partial charge in [0.05, 0.1) is 12.2 Å². The van der Waals surface area contributed by atoms with Gasteiger partial charge in [0.15, 0.2) is 0 Å². The molecule has 0 aromatic heterocycles. The van der Waals surface area contributed by atoms with Gasteiger partial charge in [0, 0.05) is 32.3 Å². The van der Waals surface area contributed by atoms with Crippen molar-refractivity contribution >= 4 is 0 Å². The summed E-state index contributed by atoms with van der Waals surface area (Å²) in [5, 5.41) is 0. The molecule has 0 unspecified atom stereocenters. The van der Waals surface area contributed by atoms with Gasteiger partial charge in [-0.05, 0) is 46.5 Å². The molecule has 0 aromatic carbocycles. The van der Waals surface area contributed by atoms with Crippen molar-refractivity contribution in [1.82, 2.24) is 4.90 Å². The van der Waals surface area contributed by atoms with Crippen molar-refractivity contribution < 1.29 is 13.9 Å². The lowest BCUT2D eigenvalue weighted by Crippen LogP contribution is -2.50. The van der Waals surface area contributed by atoms with Crippen LogP contribution in [0.3, 0.4) is 0 Å². The van der Waals surface area contributed by atoms with E-state index in [0.717, 1.165) is 39.1 Å². The Morgan fingerprint density at radius 2 is 1.79 bits per heavy atom. The zero-order valence-corrected chi connectivity index (χ0v) is 12.6. The van der Waals surface area contributed by atoms with E-state index in [9.17, 15) is 4.39 Å². The first-order chi connectivity index (χ1) is 8.88. The number of nitrogens with zero attached hydrogens (tertiary/aromatic N) is 1. The van der Waals surface area contributed by atoms with Gasteiger partial charge in [-0.2, -0.15) is 0 Å². The van der Waals surface area contributed by atoms with Gasteiger partial charge >= 0.3 is 0 Å². The van der Waals surface area contributed by atoms with E-state index < -0.39 is 5.67 Å². The molecule has 2 rings (SSSR count). The molecule has 0 aliphatic carbocycles. The van der Waals surface area contributed by atoms with Crippen molar-refractivity contribution in [2.24, 2.45) is 0 Å². The van der Waals surface area contributed by atoms with E-state index in [-0.39, 0.29) is 12.2 Å². The Balaban J connectivity index is 1.77. The molecule has 0 bridgehead atoms. The number of ether oxygens (including phenoxy) is 2. The number of halogens is 1. The molecule has 4 heteroatoms. The molecule has 0 aromatic rings. The molecule has 0 atom stereocenters. The van der Waals surface area contributed by atoms with Gasteiger partial charge in [-0.15, -0.1) is 0 Å². The summed E-state index contributed by atoms with van der Waals surface area (Å²) < 4.78 is 25.7. The average Bonchev–Trinajstić information content (AvgIpc) is 2.38. The summed E-state index contributed by atoms with van der Waals surface area (Å²) in [4.78, 5) is 2.44. The summed E-state index contributed by atoms with van der Waals surface area (Å²) in [7, 11) is 0. The van der Waals surface area contributed by atoms with Gasteiger partial charge in [-0.1, -0.05) is 0 Å². The number of likely N-dealkylation sites (tertiary alicyclic amines) is 1. The molecule has 3 nitrogen and oxygen atoms in total. The van der Waals surface area contributed by atoms with E-state index in [1.165, 1.54) is 0 Å². The minimum absolute atomic E-state index is 0.234. The molecule has 2 aliphatic heterocycles. The third-order valence-electron chi connectivity index (χ3n) is 4.17. The lowest BCUT2D eigenvalue weighted by atomic mass is 9.92. The van der Waals surface area contributed by atoms with E-state index in [0.29, 0.717) is 18.9 Å². The summed E-state index contributed by atoms with van der Waals surface area (Å²) in [6.45, 7) is 9.60. The first-order valence-electron chi connectivity index (χ1n) is 7.53. The van der Waals surface area contributed by atoms with Crippen LogP contribution in [0.1, 0.15) is 46.5 Å². The first-order valence-corrected chi connectivity index (χ1v) is 7.53. The number of piperidine rings is 1. The monoisotopic (exact) mass is 273 g/mol. The van der Waals surface area contributed by atoms with Crippen LogP contribution in [0.4, 0.5) is 4.39 Å². The maximum absolute atomic E-state index is 14.7. The molecule has 2 saturated heterocycles. The zero-order valence-electron chi connectivity index (χ0n) is 12.6. The van der Waals surface area contributed by atoms with E-state index in [4.69, 9.17) is 9.47 Å². The van der Waals surface area contributed by atoms with Crippen LogP contribution in [0.5, 0.6) is 0 Å². The molecular formula is C15H28FNO2. The fourth-order valence-electron chi connectivity index (χ4n) is 2.83. The number of alkyl halides is 1. The second kappa shape index (κ2) is 6.06. The normalized spacial score (nSPS) is 26.5. The highest BCUT2D eigenvalue weighted by Gasteiger charge is 2.37. The van der Waals surface area contributed by atoms with Crippen LogP contribution in [0.2, 0.25) is 0 Å². The lowest BCUT2D eigenvalue weighted by molar-refractivity contribution is -0.0898. The molecule has 112 valence electrons. The Bertz CT molecular complexity index is 276. The molecule has 0 amide bonds. The molecule has 0 radical (unpaired) electrons. The van der Waals surface area contributed by atoms with Crippen molar-refractivity contribution in [3.05, 3.63) is 0 Å². The van der Waals surface area contributed by atoms with E-state index >= 15 is 0 Å². The Hall–Kier alpha value is -0.190. The Labute approximate surface area is 116 Å². The highest BCUT2D eigenvalue weighted by molar-refractivity contribution is 4.89. The molecule has 2 fully saturated rings. The number of hydrogen-bond donors (Lipinski definition) is 0. The standard InChI is InChI=1S/C15H28FNO2/c1-14(2,3)19-12-15(16)6-8-17(9-7-15)13-4-10-18-11-5-13/h13H,4-12H2,1-3H3. The Kier molecular flexibility index (Phi) is 4.85. The van der Waals surface area contributed by atoms with Gasteiger partial charge in [0.2, 0.25) is 0 Å². The van der Waals surface area contributed by atoms with Gasteiger partial charge in [-0.3, -0.25) is 4.90 Å². The van der Waals surface area contributed by atoms with Crippen LogP contribution >= 0.6 is 0 Å². The maximum Gasteiger partial charge on any atom is 0.136 e. The molecule has 2 aliphatic rings. The topological polar surface area (TPSA) is 21.7 Å². The second-order valence-corrected chi connectivity index (χ2v) is 6.93. The molecule has 2 heterocycles. The van der Waals surface area contributed by atoms with Gasteiger partial charge in [-0.25, -0.2) is 4.39 Å². The van der Waals surface area contributed by atoms with Crippen molar-refractivity contribution in [1.29, 1.82) is 0 Å². The van der Waals surface area contributed by atoms with Crippen LogP contribution in [0.15, 0.2) is 0 Å². The van der Waals surface area contributed by atoms with Gasteiger partial charge in [0.1, 0.15) is 5.67 Å². The second-order valence-electron chi connectivity index (χ2n) is 6.93. The van der Waals surface area contributed by atoms with Crippen LogP contribution < -0.4 is 0 Å². The van der Waals surface area contributed by atoms with E-state index in [1.54, 1.807) is 0 Å². The first kappa shape index (κ1) is 15.2. The van der Waals surface area contributed by atoms with Crippen LogP contribution in [-0.4, -0.2) is 55.1 Å². The summed E-state index contributed by atoms with van der Waals surface area (Å²) in [5.74, 6) is 0. The number of rotatable bonds is 3. The summed E-state index contributed by atoms with van der Waals surface area (Å²) >= 11 is 0. The maximum atomic E-state index is 14.7. The van der Waals surface area contributed by atoms with Crippen molar-refractivity contribution in [2.45, 2.75) is 63.8 Å². The third kappa shape index (κ3) is 4.69. The summed E-state index contributed by atoms with van der Waals surface area (Å²) in [5.41, 5.74) is -1.38. The average molecular weight is 273 g/mol. The quantitative estimate of drug-likeness (QED) is 0.789. The molecule has 19 heavy (non-hydrogen) atoms. The van der Waals surface area contributed by atoms with Crippen LogP contribution in [0, 0.1) is 0 Å². The lowest BCUT2D eigenvalue weighted by Gasteiger charge is -2.42. The molecule has 0 saturated carbocycles. The van der Waals surface area contributed by atoms with E-state index in [2.05, 4.69) is 4.90 Å². The predicted molar refractivity (Wildman–Crippen MR) is 74.2 cm³/mol. The fraction of sp³-hybridized carbons (Fsp3) is 1.00. The molecule has 0 N–H and O–H groups in total. The van der Waals surface area contributed by atoms with Crippen molar-refractivity contribution in [3.8, 4) is 0 Å². The van der Waals surface area contributed by atoms with Crippen molar-refractivity contribution in [3.63, 3.8) is 0 Å². The third-order valence-corrected chi connectivity index (χ3v) is 4.17. The summed E-state index contributed by atoms with van der Waals surface area (Å²) in [6.07, 6.45) is 3.39. The summed E-state index contributed by atoms with van der Waals surface area (Å²) in [6, 6.07) is 0.599. The highest BCUT2D eigenvalue weighted by Crippen LogP contribution is 2.30. The van der Waals surface area contributed by atoms with Gasteiger partial charge in [0.25, 0.3) is 0 Å². The van der Waals surface area contributed by atoms with Crippen LogP contribution in [0.25, 0.3) is 0 Å². The predicted octanol–water partition coefficient (Wildman–Crippen LogP) is 2.78. The SMILES string of the molecule is CC(C)(C)OCC1(F)CCN(C2CCOCC2)CC1. The fourth-order valence-corrected chi connectivity index (χ4v) is 2.83. The smallest absolute Gasteiger partial charge is 0.136 e. The Morgan fingerprint density at radius 1 is 1.21 bits per heavy atom. The van der Waals surface area contributed by atoms with Crippen molar-refractivity contribution in [2.75, 3.05) is 32.9 Å². The zero-order chi connectivity index (χ0) is 13.9. The largest absolute Gasteiger partial charge is 0.381 e. The van der Waals surface area contributed by atoms with Crippen LogP contribution in [-0.2, 0) is 9.47 Å². The number of hydrogen-bond acceptors (Lipinski definition) is 3. The minimum Gasteiger partial charge on any atom is -0.381 e. The molecular weight excluding hydrogens is 245 g/mol. The Morgan fingerprint density at radius 3 is 2.32 bits per heavy atom. The van der Waals surface area contributed by atoms with Gasteiger partial charge < -0.3 is 9.47 Å². The molecule has 0 spiro atoms. The minimum atomic E-state index is -1.13. The highest BCUT2D eigenvalue weighted by atomic mass is 19.1. The van der Waals surface area contributed by atoms with E-state index in [1.807, 2.05) is 20.8 Å².